The van der Waals surface area contributed by atoms with Crippen LogP contribution in [0.2, 0.25) is 0 Å². The molecule has 0 bridgehead atoms. The lowest BCUT2D eigenvalue weighted by molar-refractivity contribution is -0.116. The van der Waals surface area contributed by atoms with E-state index in [9.17, 15) is 4.79 Å². The normalized spacial score (nSPS) is 11.3. The summed E-state index contributed by atoms with van der Waals surface area (Å²) < 4.78 is 0. The third-order valence-electron chi connectivity index (χ3n) is 2.97. The van der Waals surface area contributed by atoms with Crippen molar-refractivity contribution >= 4 is 11.6 Å². The summed E-state index contributed by atoms with van der Waals surface area (Å²) in [7, 11) is 0. The minimum Gasteiger partial charge on any atom is -0.345 e. The van der Waals surface area contributed by atoms with Gasteiger partial charge in [0.15, 0.2) is 0 Å². The summed E-state index contributed by atoms with van der Waals surface area (Å²) in [6.45, 7) is 3.83. The molecule has 2 aromatic rings. The molecule has 5 heteroatoms. The lowest BCUT2D eigenvalue weighted by Gasteiger charge is -2.17. The van der Waals surface area contributed by atoms with Crippen molar-refractivity contribution in [2.75, 3.05) is 5.32 Å². The van der Waals surface area contributed by atoms with Crippen LogP contribution in [0.4, 0.5) is 5.69 Å². The molecule has 0 radical (unpaired) electrons. The number of carbonyl (C=O) groups is 1. The molecule has 0 aliphatic rings. The number of rotatable bonds is 5. The summed E-state index contributed by atoms with van der Waals surface area (Å²) in [5, 5.41) is 2.87. The molecular weight excluding hydrogens is 252 g/mol. The molecule has 5 nitrogen and oxygen atoms in total. The predicted octanol–water partition coefficient (Wildman–Crippen LogP) is 2.53. The summed E-state index contributed by atoms with van der Waals surface area (Å²) in [4.78, 5) is 18.8. The second-order valence-corrected chi connectivity index (χ2v) is 5.58. The van der Waals surface area contributed by atoms with Crippen LogP contribution in [0.1, 0.15) is 26.7 Å². The Labute approximate surface area is 118 Å². The van der Waals surface area contributed by atoms with E-state index in [1.807, 2.05) is 38.1 Å². The molecule has 1 heterocycles. The van der Waals surface area contributed by atoms with Gasteiger partial charge in [0.2, 0.25) is 5.91 Å². The first-order valence-corrected chi connectivity index (χ1v) is 6.62. The minimum absolute atomic E-state index is 0.0159. The number of benzene rings is 1. The molecule has 4 N–H and O–H groups in total. The van der Waals surface area contributed by atoms with E-state index in [1.54, 1.807) is 12.5 Å². The van der Waals surface area contributed by atoms with Gasteiger partial charge in [-0.3, -0.25) is 4.79 Å². The Morgan fingerprint density at radius 2 is 2.05 bits per heavy atom. The Bertz CT molecular complexity index is 553. The van der Waals surface area contributed by atoms with E-state index < -0.39 is 0 Å². The maximum absolute atomic E-state index is 11.8. The topological polar surface area (TPSA) is 83.8 Å². The van der Waals surface area contributed by atoms with Crippen LogP contribution in [0.3, 0.4) is 0 Å². The van der Waals surface area contributed by atoms with Gasteiger partial charge in [-0.05, 0) is 38.0 Å². The Balaban J connectivity index is 1.92. The zero-order chi connectivity index (χ0) is 14.6. The molecule has 20 heavy (non-hydrogen) atoms. The van der Waals surface area contributed by atoms with Crippen molar-refractivity contribution in [2.24, 2.45) is 5.73 Å². The number of aromatic nitrogens is 2. The molecule has 2 rings (SSSR count). The first-order valence-electron chi connectivity index (χ1n) is 6.62. The molecule has 106 valence electrons. The fourth-order valence-electron chi connectivity index (χ4n) is 1.81. The van der Waals surface area contributed by atoms with E-state index in [2.05, 4.69) is 15.3 Å². The number of nitrogens with two attached hydrogens (primary N) is 1. The van der Waals surface area contributed by atoms with Crippen molar-refractivity contribution in [3.8, 4) is 11.3 Å². The highest BCUT2D eigenvalue weighted by atomic mass is 16.1. The Kier molecular flexibility index (Phi) is 4.20. The second kappa shape index (κ2) is 5.88. The van der Waals surface area contributed by atoms with E-state index in [1.165, 1.54) is 0 Å². The van der Waals surface area contributed by atoms with E-state index in [-0.39, 0.29) is 11.4 Å². The molecule has 1 aromatic carbocycles. The van der Waals surface area contributed by atoms with Crippen molar-refractivity contribution in [1.82, 2.24) is 9.97 Å². The van der Waals surface area contributed by atoms with Crippen molar-refractivity contribution in [1.29, 1.82) is 0 Å². The summed E-state index contributed by atoms with van der Waals surface area (Å²) in [6.07, 6.45) is 4.48. The Hall–Kier alpha value is -2.14. The number of H-pyrrole nitrogens is 1. The van der Waals surface area contributed by atoms with Crippen LogP contribution >= 0.6 is 0 Å². The molecular formula is C15H20N4O. The van der Waals surface area contributed by atoms with Crippen molar-refractivity contribution < 1.29 is 4.79 Å². The summed E-state index contributed by atoms with van der Waals surface area (Å²) in [5.41, 5.74) is 8.31. The zero-order valence-corrected chi connectivity index (χ0v) is 11.8. The van der Waals surface area contributed by atoms with Crippen LogP contribution in [-0.2, 0) is 4.79 Å². The lowest BCUT2D eigenvalue weighted by Crippen LogP contribution is -2.33. The van der Waals surface area contributed by atoms with Crippen molar-refractivity contribution in [3.63, 3.8) is 0 Å². The van der Waals surface area contributed by atoms with Gasteiger partial charge < -0.3 is 16.0 Å². The van der Waals surface area contributed by atoms with Crippen LogP contribution in [0.5, 0.6) is 0 Å². The molecule has 0 saturated heterocycles. The highest BCUT2D eigenvalue weighted by Crippen LogP contribution is 2.19. The van der Waals surface area contributed by atoms with Crippen LogP contribution in [-0.4, -0.2) is 21.4 Å². The smallest absolute Gasteiger partial charge is 0.224 e. The molecule has 0 atom stereocenters. The number of nitrogens with one attached hydrogen (secondary N) is 2. The average Bonchev–Trinajstić information content (AvgIpc) is 2.90. The molecule has 0 unspecified atom stereocenters. The van der Waals surface area contributed by atoms with Gasteiger partial charge in [-0.2, -0.15) is 0 Å². The molecule has 1 amide bonds. The number of anilines is 1. The fraction of sp³-hybridized carbons (Fsp3) is 0.333. The third-order valence-corrected chi connectivity index (χ3v) is 2.97. The van der Waals surface area contributed by atoms with Gasteiger partial charge >= 0.3 is 0 Å². The van der Waals surface area contributed by atoms with Crippen molar-refractivity contribution in [3.05, 3.63) is 36.8 Å². The maximum Gasteiger partial charge on any atom is 0.224 e. The minimum atomic E-state index is -0.318. The summed E-state index contributed by atoms with van der Waals surface area (Å²) in [6, 6.07) is 7.63. The van der Waals surface area contributed by atoms with Crippen molar-refractivity contribution in [2.45, 2.75) is 32.2 Å². The van der Waals surface area contributed by atoms with Gasteiger partial charge in [0.05, 0.1) is 18.2 Å². The molecule has 0 aliphatic carbocycles. The first kappa shape index (κ1) is 14.3. The highest BCUT2D eigenvalue weighted by Gasteiger charge is 2.13. The van der Waals surface area contributed by atoms with Gasteiger partial charge in [-0.25, -0.2) is 4.98 Å². The number of amides is 1. The molecule has 0 spiro atoms. The monoisotopic (exact) mass is 272 g/mol. The predicted molar refractivity (Wildman–Crippen MR) is 80.2 cm³/mol. The zero-order valence-electron chi connectivity index (χ0n) is 11.8. The maximum atomic E-state index is 11.8. The number of aromatic amines is 1. The molecule has 1 aromatic heterocycles. The van der Waals surface area contributed by atoms with Crippen LogP contribution in [0.15, 0.2) is 36.8 Å². The quantitative estimate of drug-likeness (QED) is 0.782. The number of imidazole rings is 1. The number of carbonyl (C=O) groups excluding carboxylic acids is 1. The van der Waals surface area contributed by atoms with E-state index in [0.29, 0.717) is 12.8 Å². The molecule has 0 aliphatic heterocycles. The Morgan fingerprint density at radius 3 is 2.60 bits per heavy atom. The van der Waals surface area contributed by atoms with Gasteiger partial charge in [0, 0.05) is 17.6 Å². The summed E-state index contributed by atoms with van der Waals surface area (Å²) in [5.74, 6) is -0.0159. The fourth-order valence-corrected chi connectivity index (χ4v) is 1.81. The first-order chi connectivity index (χ1) is 9.44. The number of nitrogens with zero attached hydrogens (tertiary/aromatic N) is 1. The van der Waals surface area contributed by atoms with Crippen LogP contribution in [0, 0.1) is 0 Å². The van der Waals surface area contributed by atoms with E-state index >= 15 is 0 Å². The Morgan fingerprint density at radius 1 is 1.35 bits per heavy atom. The van der Waals surface area contributed by atoms with Gasteiger partial charge in [-0.1, -0.05) is 12.1 Å². The van der Waals surface area contributed by atoms with Crippen LogP contribution in [0.25, 0.3) is 11.3 Å². The number of hydrogen-bond acceptors (Lipinski definition) is 3. The largest absolute Gasteiger partial charge is 0.345 e. The highest BCUT2D eigenvalue weighted by molar-refractivity contribution is 5.91. The molecule has 0 saturated carbocycles. The summed E-state index contributed by atoms with van der Waals surface area (Å²) >= 11 is 0. The third kappa shape index (κ3) is 4.20. The number of hydrogen-bond donors (Lipinski definition) is 3. The molecule has 0 fully saturated rings. The van der Waals surface area contributed by atoms with Crippen LogP contribution < -0.4 is 11.1 Å². The van der Waals surface area contributed by atoms with Gasteiger partial charge in [0.25, 0.3) is 0 Å². The van der Waals surface area contributed by atoms with Gasteiger partial charge in [0.1, 0.15) is 0 Å². The van der Waals surface area contributed by atoms with E-state index in [0.717, 1.165) is 16.9 Å². The average molecular weight is 272 g/mol. The second-order valence-electron chi connectivity index (χ2n) is 5.58. The van der Waals surface area contributed by atoms with Gasteiger partial charge in [-0.15, -0.1) is 0 Å². The SMILES string of the molecule is CC(C)(N)CCC(=O)Nc1ccc(-c2cnc[nH]2)cc1. The standard InChI is InChI=1S/C15H20N4O/c1-15(2,16)8-7-14(20)19-12-5-3-11(4-6-12)13-9-17-10-18-13/h3-6,9-10H,7-8,16H2,1-2H3,(H,17,18)(H,19,20). The van der Waals surface area contributed by atoms with E-state index in [4.69, 9.17) is 5.73 Å². The lowest BCUT2D eigenvalue weighted by atomic mass is 10.00.